The minimum Gasteiger partial charge on any atom is -0.466 e. The highest BCUT2D eigenvalue weighted by Gasteiger charge is 2.03. The maximum atomic E-state index is 12.0. The fourth-order valence-corrected chi connectivity index (χ4v) is 6.96. The molecule has 0 unspecified atom stereocenters. The molecular weight excluding hydrogens is 560 g/mol. The molecule has 0 aromatic carbocycles. The SMILES string of the molecule is CCCCCCCCCCCCCCCCCCCCCCC(=O)OCCCCCCCCCCCCCCCCCCCCC. The lowest BCUT2D eigenvalue weighted by Gasteiger charge is -2.06. The first-order valence-electron chi connectivity index (χ1n) is 22.0. The molecule has 0 saturated carbocycles. The molecule has 0 heterocycles. The zero-order valence-electron chi connectivity index (χ0n) is 32.3. The van der Waals surface area contributed by atoms with E-state index in [4.69, 9.17) is 4.74 Å². The van der Waals surface area contributed by atoms with Crippen molar-refractivity contribution < 1.29 is 9.53 Å². The van der Waals surface area contributed by atoms with Crippen LogP contribution in [0.25, 0.3) is 0 Å². The van der Waals surface area contributed by atoms with Gasteiger partial charge in [-0.2, -0.15) is 0 Å². The molecule has 0 fully saturated rings. The first kappa shape index (κ1) is 45.5. The molecule has 0 rings (SSSR count). The second-order valence-corrected chi connectivity index (χ2v) is 15.1. The molecule has 0 radical (unpaired) electrons. The van der Waals surface area contributed by atoms with E-state index in [1.807, 2.05) is 0 Å². The molecule has 0 atom stereocenters. The van der Waals surface area contributed by atoms with E-state index in [0.29, 0.717) is 13.0 Å². The number of hydrogen-bond donors (Lipinski definition) is 0. The van der Waals surface area contributed by atoms with Crippen LogP contribution in [-0.2, 0) is 9.53 Å². The fraction of sp³-hybridized carbons (Fsp3) is 0.977. The van der Waals surface area contributed by atoms with Gasteiger partial charge in [0.2, 0.25) is 0 Å². The number of unbranched alkanes of at least 4 members (excludes halogenated alkanes) is 37. The number of ether oxygens (including phenoxy) is 1. The van der Waals surface area contributed by atoms with Gasteiger partial charge in [0.15, 0.2) is 0 Å². The number of carbonyl (C=O) groups excluding carboxylic acids is 1. The average Bonchev–Trinajstić information content (AvgIpc) is 3.06. The molecule has 0 aromatic heterocycles. The van der Waals surface area contributed by atoms with Crippen LogP contribution in [0.2, 0.25) is 0 Å². The third-order valence-corrected chi connectivity index (χ3v) is 10.2. The van der Waals surface area contributed by atoms with Crippen molar-refractivity contribution in [3.05, 3.63) is 0 Å². The molecular formula is C44H88O2. The van der Waals surface area contributed by atoms with Crippen molar-refractivity contribution in [1.82, 2.24) is 0 Å². The van der Waals surface area contributed by atoms with Crippen LogP contribution in [0.15, 0.2) is 0 Å². The third-order valence-electron chi connectivity index (χ3n) is 10.2. The molecule has 0 bridgehead atoms. The van der Waals surface area contributed by atoms with Crippen molar-refractivity contribution in [2.45, 2.75) is 271 Å². The molecule has 0 N–H and O–H groups in total. The lowest BCUT2D eigenvalue weighted by Crippen LogP contribution is -2.05. The molecule has 276 valence electrons. The fourth-order valence-electron chi connectivity index (χ4n) is 6.96. The molecule has 2 nitrogen and oxygen atoms in total. The number of carbonyl (C=O) groups is 1. The lowest BCUT2D eigenvalue weighted by atomic mass is 10.0. The second-order valence-electron chi connectivity index (χ2n) is 15.1. The van der Waals surface area contributed by atoms with Crippen LogP contribution in [0.3, 0.4) is 0 Å². The van der Waals surface area contributed by atoms with Crippen molar-refractivity contribution in [2.24, 2.45) is 0 Å². The average molecular weight is 649 g/mol. The summed E-state index contributed by atoms with van der Waals surface area (Å²) in [5.41, 5.74) is 0. The molecule has 0 amide bonds. The molecule has 0 aliphatic rings. The molecule has 0 saturated heterocycles. The maximum Gasteiger partial charge on any atom is 0.305 e. The first-order chi connectivity index (χ1) is 22.8. The minimum absolute atomic E-state index is 0.0322. The van der Waals surface area contributed by atoms with E-state index in [2.05, 4.69) is 13.8 Å². The van der Waals surface area contributed by atoms with Gasteiger partial charge >= 0.3 is 5.97 Å². The third kappa shape index (κ3) is 41.5. The van der Waals surface area contributed by atoms with Gasteiger partial charge in [0.25, 0.3) is 0 Å². The van der Waals surface area contributed by atoms with E-state index in [0.717, 1.165) is 12.8 Å². The summed E-state index contributed by atoms with van der Waals surface area (Å²) in [7, 11) is 0. The Bertz CT molecular complexity index is 498. The van der Waals surface area contributed by atoms with Crippen LogP contribution in [0, 0.1) is 0 Å². The summed E-state index contributed by atoms with van der Waals surface area (Å²) in [6.45, 7) is 5.23. The molecule has 0 aliphatic heterocycles. The predicted molar refractivity (Wildman–Crippen MR) is 207 cm³/mol. The molecule has 0 spiro atoms. The van der Waals surface area contributed by atoms with E-state index in [1.165, 1.54) is 238 Å². The second kappa shape index (κ2) is 42.5. The van der Waals surface area contributed by atoms with Crippen molar-refractivity contribution in [2.75, 3.05) is 6.61 Å². The molecule has 46 heavy (non-hydrogen) atoms. The summed E-state index contributed by atoms with van der Waals surface area (Å²) in [6.07, 6.45) is 54.9. The van der Waals surface area contributed by atoms with Crippen LogP contribution in [0.1, 0.15) is 271 Å². The predicted octanol–water partition coefficient (Wildman–Crippen LogP) is 16.2. The van der Waals surface area contributed by atoms with Gasteiger partial charge in [0, 0.05) is 6.42 Å². The van der Waals surface area contributed by atoms with Crippen molar-refractivity contribution in [3.63, 3.8) is 0 Å². The summed E-state index contributed by atoms with van der Waals surface area (Å²) in [4.78, 5) is 12.0. The highest BCUT2D eigenvalue weighted by atomic mass is 16.5. The van der Waals surface area contributed by atoms with Crippen LogP contribution in [0.4, 0.5) is 0 Å². The van der Waals surface area contributed by atoms with E-state index in [9.17, 15) is 4.79 Å². The summed E-state index contributed by atoms with van der Waals surface area (Å²) >= 11 is 0. The Morgan fingerprint density at radius 1 is 0.283 bits per heavy atom. The van der Waals surface area contributed by atoms with Gasteiger partial charge in [-0.05, 0) is 12.8 Å². The Labute approximate surface area is 292 Å². The number of hydrogen-bond acceptors (Lipinski definition) is 2. The van der Waals surface area contributed by atoms with Gasteiger partial charge in [-0.25, -0.2) is 0 Å². The highest BCUT2D eigenvalue weighted by molar-refractivity contribution is 5.69. The Kier molecular flexibility index (Phi) is 42.0. The van der Waals surface area contributed by atoms with Crippen molar-refractivity contribution >= 4 is 5.97 Å². The lowest BCUT2D eigenvalue weighted by molar-refractivity contribution is -0.143. The van der Waals surface area contributed by atoms with Crippen LogP contribution in [-0.4, -0.2) is 12.6 Å². The maximum absolute atomic E-state index is 12.0. The van der Waals surface area contributed by atoms with E-state index in [1.54, 1.807) is 0 Å². The molecule has 2 heteroatoms. The topological polar surface area (TPSA) is 26.3 Å². The van der Waals surface area contributed by atoms with Gasteiger partial charge < -0.3 is 4.74 Å². The quantitative estimate of drug-likeness (QED) is 0.0487. The van der Waals surface area contributed by atoms with E-state index < -0.39 is 0 Å². The van der Waals surface area contributed by atoms with Crippen molar-refractivity contribution in [3.8, 4) is 0 Å². The Morgan fingerprint density at radius 3 is 0.717 bits per heavy atom. The zero-order valence-corrected chi connectivity index (χ0v) is 32.3. The summed E-state index contributed by atoms with van der Waals surface area (Å²) in [5, 5.41) is 0. The first-order valence-corrected chi connectivity index (χ1v) is 22.0. The smallest absolute Gasteiger partial charge is 0.305 e. The number of esters is 1. The van der Waals surface area contributed by atoms with Crippen molar-refractivity contribution in [1.29, 1.82) is 0 Å². The Balaban J connectivity index is 3.14. The molecule has 0 aromatic rings. The minimum atomic E-state index is 0.0322. The summed E-state index contributed by atoms with van der Waals surface area (Å²) in [5.74, 6) is 0.0322. The number of rotatable bonds is 41. The van der Waals surface area contributed by atoms with E-state index in [-0.39, 0.29) is 5.97 Å². The Hall–Kier alpha value is -0.530. The van der Waals surface area contributed by atoms with Gasteiger partial charge in [0.1, 0.15) is 0 Å². The van der Waals surface area contributed by atoms with Crippen LogP contribution in [0.5, 0.6) is 0 Å². The van der Waals surface area contributed by atoms with Gasteiger partial charge in [-0.1, -0.05) is 251 Å². The summed E-state index contributed by atoms with van der Waals surface area (Å²) < 4.78 is 5.48. The van der Waals surface area contributed by atoms with Crippen LogP contribution < -0.4 is 0 Å². The largest absolute Gasteiger partial charge is 0.466 e. The van der Waals surface area contributed by atoms with Gasteiger partial charge in [0.05, 0.1) is 6.61 Å². The van der Waals surface area contributed by atoms with Gasteiger partial charge in [-0.15, -0.1) is 0 Å². The highest BCUT2D eigenvalue weighted by Crippen LogP contribution is 2.17. The van der Waals surface area contributed by atoms with E-state index >= 15 is 0 Å². The summed E-state index contributed by atoms with van der Waals surface area (Å²) in [6, 6.07) is 0. The zero-order chi connectivity index (χ0) is 33.3. The Morgan fingerprint density at radius 2 is 0.478 bits per heavy atom. The molecule has 0 aliphatic carbocycles. The standard InChI is InChI=1S/C44H88O2/c1-3-5-7-9-11-13-15-17-19-21-23-24-26-28-30-32-34-36-38-40-42-44(45)46-43-41-39-37-35-33-31-29-27-25-22-20-18-16-14-12-10-8-6-4-2/h3-43H2,1-2H3. The normalized spacial score (nSPS) is 11.4. The van der Waals surface area contributed by atoms with Crippen LogP contribution >= 0.6 is 0 Å². The van der Waals surface area contributed by atoms with Gasteiger partial charge in [-0.3, -0.25) is 4.79 Å². The monoisotopic (exact) mass is 649 g/mol.